The van der Waals surface area contributed by atoms with Crippen molar-refractivity contribution in [2.45, 2.75) is 26.3 Å². The zero-order chi connectivity index (χ0) is 8.43. The third kappa shape index (κ3) is 1.80. The number of aldehydes is 1. The van der Waals surface area contributed by atoms with E-state index in [1.54, 1.807) is 0 Å². The fourth-order valence-corrected chi connectivity index (χ4v) is 1.77. The van der Waals surface area contributed by atoms with E-state index < -0.39 is 0 Å². The van der Waals surface area contributed by atoms with Crippen molar-refractivity contribution in [3.63, 3.8) is 0 Å². The van der Waals surface area contributed by atoms with Crippen molar-refractivity contribution in [3.05, 3.63) is 0 Å². The first kappa shape index (κ1) is 8.72. The van der Waals surface area contributed by atoms with E-state index in [9.17, 15) is 4.79 Å². The van der Waals surface area contributed by atoms with Gasteiger partial charge in [-0.25, -0.2) is 0 Å². The van der Waals surface area contributed by atoms with Crippen LogP contribution in [-0.2, 0) is 4.79 Å². The fraction of sp³-hybridized carbons (Fsp3) is 0.889. The summed E-state index contributed by atoms with van der Waals surface area (Å²) in [5.41, 5.74) is 0. The van der Waals surface area contributed by atoms with Crippen LogP contribution in [-0.4, -0.2) is 30.8 Å². The Bertz CT molecular complexity index is 146. The molecule has 1 fully saturated rings. The lowest BCUT2D eigenvalue weighted by Crippen LogP contribution is -2.43. The molecule has 1 heterocycles. The van der Waals surface area contributed by atoms with Gasteiger partial charge in [-0.1, -0.05) is 6.92 Å². The number of rotatable bonds is 1. The lowest BCUT2D eigenvalue weighted by atomic mass is 9.85. The summed E-state index contributed by atoms with van der Waals surface area (Å²) >= 11 is 0. The highest BCUT2D eigenvalue weighted by Crippen LogP contribution is 2.24. The lowest BCUT2D eigenvalue weighted by Gasteiger charge is -2.37. The summed E-state index contributed by atoms with van der Waals surface area (Å²) in [6, 6.07) is 0.571. The topological polar surface area (TPSA) is 20.3 Å². The minimum absolute atomic E-state index is 0.293. The Hall–Kier alpha value is -0.370. The van der Waals surface area contributed by atoms with Gasteiger partial charge in [0.05, 0.1) is 0 Å². The Labute approximate surface area is 68.6 Å². The maximum atomic E-state index is 10.6. The van der Waals surface area contributed by atoms with Gasteiger partial charge >= 0.3 is 0 Å². The summed E-state index contributed by atoms with van der Waals surface area (Å²) in [5.74, 6) is 0.829. The van der Waals surface area contributed by atoms with E-state index in [4.69, 9.17) is 0 Å². The van der Waals surface area contributed by atoms with Gasteiger partial charge in [0, 0.05) is 18.5 Å². The Balaban J connectivity index is 2.54. The lowest BCUT2D eigenvalue weighted by molar-refractivity contribution is -0.114. The molecule has 0 aromatic carbocycles. The summed E-state index contributed by atoms with van der Waals surface area (Å²) < 4.78 is 0. The maximum Gasteiger partial charge on any atom is 0.123 e. The standard InChI is InChI=1S/C9H17NO/c1-7-5-10(3)8(2)4-9(7)6-11/h6-9H,4-5H2,1-3H3. The molecule has 0 amide bonds. The highest BCUT2D eigenvalue weighted by Gasteiger charge is 2.27. The molecule has 2 heteroatoms. The smallest absolute Gasteiger partial charge is 0.123 e. The summed E-state index contributed by atoms with van der Waals surface area (Å²) in [6.45, 7) is 5.40. The molecule has 3 unspecified atom stereocenters. The Morgan fingerprint density at radius 3 is 2.64 bits per heavy atom. The van der Waals surface area contributed by atoms with Gasteiger partial charge in [-0.05, 0) is 26.3 Å². The normalized spacial score (nSPS) is 40.5. The predicted octanol–water partition coefficient (Wildman–Crippen LogP) is 1.16. The second kappa shape index (κ2) is 3.35. The molecule has 1 aliphatic heterocycles. The second-order valence-corrected chi connectivity index (χ2v) is 3.80. The molecule has 0 radical (unpaired) electrons. The fourth-order valence-electron chi connectivity index (χ4n) is 1.77. The third-order valence-electron chi connectivity index (χ3n) is 2.85. The van der Waals surface area contributed by atoms with Gasteiger partial charge in [-0.15, -0.1) is 0 Å². The predicted molar refractivity (Wildman–Crippen MR) is 45.4 cm³/mol. The van der Waals surface area contributed by atoms with Crippen molar-refractivity contribution in [2.24, 2.45) is 11.8 Å². The SMILES string of the molecule is CC1CN(C)C(C)CC1C=O. The zero-order valence-electron chi connectivity index (χ0n) is 7.58. The number of carbonyl (C=O) groups is 1. The van der Waals surface area contributed by atoms with E-state index in [2.05, 4.69) is 25.8 Å². The molecule has 2 nitrogen and oxygen atoms in total. The number of nitrogens with zero attached hydrogens (tertiary/aromatic N) is 1. The molecule has 0 bridgehead atoms. The van der Waals surface area contributed by atoms with Gasteiger partial charge in [0.15, 0.2) is 0 Å². The van der Waals surface area contributed by atoms with Crippen molar-refractivity contribution in [2.75, 3.05) is 13.6 Å². The van der Waals surface area contributed by atoms with Crippen LogP contribution in [0.15, 0.2) is 0 Å². The van der Waals surface area contributed by atoms with Crippen LogP contribution in [0.1, 0.15) is 20.3 Å². The van der Waals surface area contributed by atoms with Crippen LogP contribution in [0.3, 0.4) is 0 Å². The molecule has 3 atom stereocenters. The molecule has 0 aromatic rings. The van der Waals surface area contributed by atoms with Gasteiger partial charge in [0.2, 0.25) is 0 Å². The summed E-state index contributed by atoms with van der Waals surface area (Å²) in [4.78, 5) is 12.9. The quantitative estimate of drug-likeness (QED) is 0.530. The van der Waals surface area contributed by atoms with E-state index in [0.717, 1.165) is 19.3 Å². The van der Waals surface area contributed by atoms with Crippen LogP contribution in [0, 0.1) is 11.8 Å². The van der Waals surface area contributed by atoms with E-state index in [1.807, 2.05) is 0 Å². The van der Waals surface area contributed by atoms with Gasteiger partial charge in [-0.2, -0.15) is 0 Å². The van der Waals surface area contributed by atoms with E-state index in [0.29, 0.717) is 17.9 Å². The number of piperidine rings is 1. The molecule has 1 rings (SSSR count). The van der Waals surface area contributed by atoms with Crippen LogP contribution in [0.5, 0.6) is 0 Å². The monoisotopic (exact) mass is 155 g/mol. The molecule has 0 aromatic heterocycles. The molecule has 0 saturated carbocycles. The van der Waals surface area contributed by atoms with Crippen LogP contribution >= 0.6 is 0 Å². The van der Waals surface area contributed by atoms with E-state index >= 15 is 0 Å². The van der Waals surface area contributed by atoms with Crippen LogP contribution in [0.2, 0.25) is 0 Å². The minimum atomic E-state index is 0.293. The highest BCUT2D eigenvalue weighted by atomic mass is 16.1. The first-order chi connectivity index (χ1) is 5.15. The average molecular weight is 155 g/mol. The van der Waals surface area contributed by atoms with Crippen molar-refractivity contribution in [1.29, 1.82) is 0 Å². The van der Waals surface area contributed by atoms with Crippen LogP contribution < -0.4 is 0 Å². The van der Waals surface area contributed by atoms with Crippen molar-refractivity contribution in [3.8, 4) is 0 Å². The molecule has 0 N–H and O–H groups in total. The molecule has 1 saturated heterocycles. The third-order valence-corrected chi connectivity index (χ3v) is 2.85. The summed E-state index contributed by atoms with van der Waals surface area (Å²) in [5, 5.41) is 0. The van der Waals surface area contributed by atoms with Gasteiger partial charge < -0.3 is 9.69 Å². The number of likely N-dealkylation sites (tertiary alicyclic amines) is 1. The number of carbonyl (C=O) groups excluding carboxylic acids is 1. The Morgan fingerprint density at radius 1 is 1.45 bits per heavy atom. The molecule has 0 spiro atoms. The number of hydrogen-bond donors (Lipinski definition) is 0. The number of hydrogen-bond acceptors (Lipinski definition) is 2. The van der Waals surface area contributed by atoms with Crippen LogP contribution in [0.4, 0.5) is 0 Å². The Morgan fingerprint density at radius 2 is 2.09 bits per heavy atom. The van der Waals surface area contributed by atoms with Crippen molar-refractivity contribution < 1.29 is 4.79 Å². The molecule has 0 aliphatic carbocycles. The maximum absolute atomic E-state index is 10.6. The average Bonchev–Trinajstić information content (AvgIpc) is 1.97. The first-order valence-corrected chi connectivity index (χ1v) is 4.30. The molecule has 1 aliphatic rings. The minimum Gasteiger partial charge on any atom is -0.303 e. The van der Waals surface area contributed by atoms with E-state index in [-0.39, 0.29) is 0 Å². The largest absolute Gasteiger partial charge is 0.303 e. The van der Waals surface area contributed by atoms with Gasteiger partial charge in [-0.3, -0.25) is 0 Å². The zero-order valence-corrected chi connectivity index (χ0v) is 7.58. The first-order valence-electron chi connectivity index (χ1n) is 4.30. The van der Waals surface area contributed by atoms with E-state index in [1.165, 1.54) is 0 Å². The molecule has 11 heavy (non-hydrogen) atoms. The van der Waals surface area contributed by atoms with Crippen molar-refractivity contribution in [1.82, 2.24) is 4.90 Å². The molecular weight excluding hydrogens is 138 g/mol. The van der Waals surface area contributed by atoms with Gasteiger partial charge in [0.25, 0.3) is 0 Å². The second-order valence-electron chi connectivity index (χ2n) is 3.80. The van der Waals surface area contributed by atoms with Crippen LogP contribution in [0.25, 0.3) is 0 Å². The summed E-state index contributed by atoms with van der Waals surface area (Å²) in [7, 11) is 2.13. The molecule has 64 valence electrons. The molecular formula is C9H17NO. The highest BCUT2D eigenvalue weighted by molar-refractivity contribution is 5.54. The Kier molecular flexibility index (Phi) is 2.66. The van der Waals surface area contributed by atoms with Gasteiger partial charge in [0.1, 0.15) is 6.29 Å². The summed E-state index contributed by atoms with van der Waals surface area (Å²) in [6.07, 6.45) is 2.15. The van der Waals surface area contributed by atoms with Crippen molar-refractivity contribution >= 4 is 6.29 Å².